The number of rotatable bonds is 3. The number of hydrogen-bond donors (Lipinski definition) is 2. The second-order valence-corrected chi connectivity index (χ2v) is 6.46. The van der Waals surface area contributed by atoms with Crippen LogP contribution >= 0.6 is 11.6 Å². The second kappa shape index (κ2) is 5.56. The molecular weight excluding hydrogens is 292 g/mol. The lowest BCUT2D eigenvalue weighted by Gasteiger charge is -2.45. The number of carboxylic acids is 1. The van der Waals surface area contributed by atoms with E-state index in [1.807, 2.05) is 13.8 Å². The Morgan fingerprint density at radius 3 is 2.62 bits per heavy atom. The van der Waals surface area contributed by atoms with Crippen LogP contribution in [0, 0.1) is 5.41 Å². The van der Waals surface area contributed by atoms with Gasteiger partial charge in [-0.25, -0.2) is 4.79 Å². The third-order valence-corrected chi connectivity index (χ3v) is 4.35. The number of halogens is 1. The van der Waals surface area contributed by atoms with Gasteiger partial charge < -0.3 is 15.7 Å². The number of hydrogen-bond acceptors (Lipinski definition) is 3. The van der Waals surface area contributed by atoms with E-state index in [0.717, 1.165) is 12.8 Å². The van der Waals surface area contributed by atoms with Gasteiger partial charge in [-0.2, -0.15) is 0 Å². The van der Waals surface area contributed by atoms with Gasteiger partial charge in [0.05, 0.1) is 10.7 Å². The van der Waals surface area contributed by atoms with Crippen LogP contribution in [0.3, 0.4) is 0 Å². The van der Waals surface area contributed by atoms with E-state index in [9.17, 15) is 14.7 Å². The van der Waals surface area contributed by atoms with Crippen molar-refractivity contribution in [1.82, 2.24) is 0 Å². The highest BCUT2D eigenvalue weighted by Gasteiger charge is 2.43. The van der Waals surface area contributed by atoms with Crippen molar-refractivity contribution in [3.05, 3.63) is 28.8 Å². The summed E-state index contributed by atoms with van der Waals surface area (Å²) >= 11 is 6.23. The summed E-state index contributed by atoms with van der Waals surface area (Å²) in [4.78, 5) is 24.7. The number of aliphatic carboxylic acids is 1. The second-order valence-electron chi connectivity index (χ2n) is 6.06. The number of carbonyl (C=O) groups is 2. The number of nitrogens with zero attached hydrogens (tertiary/aromatic N) is 1. The SMILES string of the molecule is CC1(C)CCCN(c2ccc(C(N)=O)cc2Cl)C1C(=O)O. The predicted octanol–water partition coefficient (Wildman–Crippen LogP) is 2.52. The normalized spacial score (nSPS) is 21.1. The zero-order valence-electron chi connectivity index (χ0n) is 12.1. The Balaban J connectivity index is 2.44. The molecule has 0 aliphatic carbocycles. The Bertz CT molecular complexity index is 586. The summed E-state index contributed by atoms with van der Waals surface area (Å²) in [6, 6.07) is 4.08. The molecule has 0 saturated carbocycles. The molecule has 6 heteroatoms. The van der Waals surface area contributed by atoms with Crippen molar-refractivity contribution >= 4 is 29.2 Å². The molecule has 0 spiro atoms. The molecule has 1 saturated heterocycles. The van der Waals surface area contributed by atoms with Gasteiger partial charge in [0.25, 0.3) is 0 Å². The molecule has 1 amide bonds. The molecule has 1 unspecified atom stereocenters. The fraction of sp³-hybridized carbons (Fsp3) is 0.467. The van der Waals surface area contributed by atoms with Gasteiger partial charge in [0.2, 0.25) is 5.91 Å². The largest absolute Gasteiger partial charge is 0.480 e. The van der Waals surface area contributed by atoms with E-state index in [0.29, 0.717) is 22.8 Å². The Kier molecular flexibility index (Phi) is 4.14. The summed E-state index contributed by atoms with van der Waals surface area (Å²) in [6.45, 7) is 4.52. The highest BCUT2D eigenvalue weighted by atomic mass is 35.5. The van der Waals surface area contributed by atoms with E-state index in [-0.39, 0.29) is 5.41 Å². The maximum atomic E-state index is 11.7. The molecule has 1 aromatic rings. The average Bonchev–Trinajstić information content (AvgIpc) is 2.36. The number of piperidine rings is 1. The first-order chi connectivity index (χ1) is 9.74. The number of carbonyl (C=O) groups excluding carboxylic acids is 1. The highest BCUT2D eigenvalue weighted by molar-refractivity contribution is 6.33. The molecule has 1 aliphatic heterocycles. The molecule has 0 radical (unpaired) electrons. The van der Waals surface area contributed by atoms with Gasteiger partial charge in [0.15, 0.2) is 0 Å². The minimum atomic E-state index is -0.866. The monoisotopic (exact) mass is 310 g/mol. The topological polar surface area (TPSA) is 83.6 Å². The van der Waals surface area contributed by atoms with E-state index in [4.69, 9.17) is 17.3 Å². The van der Waals surface area contributed by atoms with Crippen molar-refractivity contribution < 1.29 is 14.7 Å². The van der Waals surface area contributed by atoms with Gasteiger partial charge in [0, 0.05) is 12.1 Å². The molecule has 21 heavy (non-hydrogen) atoms. The van der Waals surface area contributed by atoms with Crippen molar-refractivity contribution in [3.63, 3.8) is 0 Å². The molecule has 1 atom stereocenters. The summed E-state index contributed by atoms with van der Waals surface area (Å²) in [5, 5.41) is 9.92. The lowest BCUT2D eigenvalue weighted by molar-refractivity contribution is -0.142. The Labute approximate surface area is 128 Å². The standard InChI is InChI=1S/C15H19ClN2O3/c1-15(2)6-3-7-18(12(15)14(20)21)11-5-4-9(13(17)19)8-10(11)16/h4-5,8,12H,3,6-7H2,1-2H3,(H2,17,19)(H,20,21). The van der Waals surface area contributed by atoms with Crippen LogP contribution in [0.1, 0.15) is 37.0 Å². The molecule has 1 aromatic carbocycles. The molecule has 114 valence electrons. The zero-order valence-corrected chi connectivity index (χ0v) is 12.9. The summed E-state index contributed by atoms with van der Waals surface area (Å²) in [6.07, 6.45) is 1.74. The van der Waals surface area contributed by atoms with Crippen molar-refractivity contribution in [3.8, 4) is 0 Å². The van der Waals surface area contributed by atoms with Crippen LogP contribution in [0.2, 0.25) is 5.02 Å². The number of amides is 1. The molecular formula is C15H19ClN2O3. The fourth-order valence-electron chi connectivity index (χ4n) is 3.01. The van der Waals surface area contributed by atoms with E-state index in [1.54, 1.807) is 17.0 Å². The minimum Gasteiger partial charge on any atom is -0.480 e. The van der Waals surface area contributed by atoms with Gasteiger partial charge in [0.1, 0.15) is 6.04 Å². The van der Waals surface area contributed by atoms with E-state index in [1.165, 1.54) is 6.07 Å². The number of carboxylic acid groups (broad SMARTS) is 1. The maximum Gasteiger partial charge on any atom is 0.326 e. The third-order valence-electron chi connectivity index (χ3n) is 4.05. The number of primary amides is 1. The minimum absolute atomic E-state index is 0.312. The van der Waals surface area contributed by atoms with E-state index in [2.05, 4.69) is 0 Å². The highest BCUT2D eigenvalue weighted by Crippen LogP contribution is 2.40. The molecule has 3 N–H and O–H groups in total. The molecule has 2 rings (SSSR count). The third kappa shape index (κ3) is 2.97. The van der Waals surface area contributed by atoms with Crippen LogP contribution in [-0.4, -0.2) is 29.6 Å². The molecule has 0 bridgehead atoms. The predicted molar refractivity (Wildman–Crippen MR) is 81.8 cm³/mol. The van der Waals surface area contributed by atoms with E-state index >= 15 is 0 Å². The average molecular weight is 311 g/mol. The molecule has 1 heterocycles. The van der Waals surface area contributed by atoms with Crippen LogP contribution in [-0.2, 0) is 4.79 Å². The zero-order chi connectivity index (χ0) is 15.8. The van der Waals surface area contributed by atoms with Gasteiger partial charge in [-0.3, -0.25) is 4.79 Å². The van der Waals surface area contributed by atoms with Crippen LogP contribution < -0.4 is 10.6 Å². The number of benzene rings is 1. The Morgan fingerprint density at radius 2 is 2.10 bits per heavy atom. The summed E-state index contributed by atoms with van der Waals surface area (Å²) in [5.41, 5.74) is 5.81. The van der Waals surface area contributed by atoms with Gasteiger partial charge in [-0.15, -0.1) is 0 Å². The summed E-state index contributed by atoms with van der Waals surface area (Å²) < 4.78 is 0. The summed E-state index contributed by atoms with van der Waals surface area (Å²) in [7, 11) is 0. The number of nitrogens with two attached hydrogens (primary N) is 1. The van der Waals surface area contributed by atoms with Crippen molar-refractivity contribution in [1.29, 1.82) is 0 Å². The van der Waals surface area contributed by atoms with E-state index < -0.39 is 17.9 Å². The molecule has 5 nitrogen and oxygen atoms in total. The lowest BCUT2D eigenvalue weighted by atomic mass is 9.76. The van der Waals surface area contributed by atoms with Crippen molar-refractivity contribution in [2.24, 2.45) is 11.1 Å². The Morgan fingerprint density at radius 1 is 1.43 bits per heavy atom. The number of anilines is 1. The smallest absolute Gasteiger partial charge is 0.326 e. The summed E-state index contributed by atoms with van der Waals surface area (Å²) in [5.74, 6) is -1.42. The molecule has 1 fully saturated rings. The maximum absolute atomic E-state index is 11.7. The van der Waals surface area contributed by atoms with Crippen LogP contribution in [0.5, 0.6) is 0 Å². The Hall–Kier alpha value is -1.75. The molecule has 0 aromatic heterocycles. The molecule has 1 aliphatic rings. The van der Waals surface area contributed by atoms with Crippen LogP contribution in [0.4, 0.5) is 5.69 Å². The van der Waals surface area contributed by atoms with Crippen LogP contribution in [0.25, 0.3) is 0 Å². The first-order valence-corrected chi connectivity index (χ1v) is 7.20. The first kappa shape index (κ1) is 15.6. The lowest BCUT2D eigenvalue weighted by Crippen LogP contribution is -2.54. The van der Waals surface area contributed by atoms with Crippen LogP contribution in [0.15, 0.2) is 18.2 Å². The van der Waals surface area contributed by atoms with Gasteiger partial charge in [-0.1, -0.05) is 25.4 Å². The quantitative estimate of drug-likeness (QED) is 0.898. The van der Waals surface area contributed by atoms with Gasteiger partial charge >= 0.3 is 5.97 Å². The van der Waals surface area contributed by atoms with Crippen molar-refractivity contribution in [2.45, 2.75) is 32.7 Å². The van der Waals surface area contributed by atoms with Crippen molar-refractivity contribution in [2.75, 3.05) is 11.4 Å². The fourth-order valence-corrected chi connectivity index (χ4v) is 3.30. The van der Waals surface area contributed by atoms with Gasteiger partial charge in [-0.05, 0) is 36.5 Å². The first-order valence-electron chi connectivity index (χ1n) is 6.83.